The Balaban J connectivity index is 1.75. The number of hydrogen-bond acceptors (Lipinski definition) is 5. The number of fused-ring (bicyclic) bond motifs is 4. The number of ether oxygens (including phenoxy) is 2. The quantitative estimate of drug-likeness (QED) is 0.470. The van der Waals surface area contributed by atoms with E-state index in [1.165, 1.54) is 6.07 Å². The fourth-order valence-corrected chi connectivity index (χ4v) is 4.38. The second-order valence-corrected chi connectivity index (χ2v) is 7.50. The van der Waals surface area contributed by atoms with Crippen molar-refractivity contribution < 1.29 is 14.4 Å². The molecule has 0 saturated carbocycles. The Hall–Kier alpha value is -2.87. The standard InChI is InChI=1S/C20H21N3O4S/c1-4-26-15-8-5-13(6-9-15)22-19(28)21-18-12(2)20(22,3)27-17-10-7-14(23(24)25)11-16(17)18/h5-12,18H,4H2,1-3H3,(H,21,28)/t12-,18+,20-/m0/s1. The van der Waals surface area contributed by atoms with E-state index in [-0.39, 0.29) is 17.6 Å². The molecule has 0 amide bonds. The zero-order chi connectivity index (χ0) is 20.1. The molecule has 2 aliphatic rings. The summed E-state index contributed by atoms with van der Waals surface area (Å²) in [6.45, 7) is 6.60. The van der Waals surface area contributed by atoms with Gasteiger partial charge in [0.2, 0.25) is 0 Å². The summed E-state index contributed by atoms with van der Waals surface area (Å²) in [4.78, 5) is 12.7. The summed E-state index contributed by atoms with van der Waals surface area (Å²) in [6.07, 6.45) is 0. The molecule has 0 radical (unpaired) electrons. The van der Waals surface area contributed by atoms with Crippen LogP contribution in [0, 0.1) is 16.0 Å². The summed E-state index contributed by atoms with van der Waals surface area (Å²) >= 11 is 5.66. The number of nitro benzene ring substituents is 1. The lowest BCUT2D eigenvalue weighted by Gasteiger charge is -2.56. The lowest BCUT2D eigenvalue weighted by Crippen LogP contribution is -2.69. The van der Waals surface area contributed by atoms with Crippen molar-refractivity contribution in [3.63, 3.8) is 0 Å². The van der Waals surface area contributed by atoms with Crippen molar-refractivity contribution in [1.82, 2.24) is 5.32 Å². The molecule has 0 spiro atoms. The molecule has 1 fully saturated rings. The normalized spacial score (nSPS) is 25.4. The van der Waals surface area contributed by atoms with Crippen molar-refractivity contribution >= 4 is 28.7 Å². The molecular formula is C20H21N3O4S. The third-order valence-corrected chi connectivity index (χ3v) is 5.83. The molecule has 3 atom stereocenters. The number of hydrogen-bond donors (Lipinski definition) is 1. The van der Waals surface area contributed by atoms with Crippen LogP contribution in [0.25, 0.3) is 0 Å². The highest BCUT2D eigenvalue weighted by atomic mass is 32.1. The van der Waals surface area contributed by atoms with Gasteiger partial charge in [0, 0.05) is 29.3 Å². The summed E-state index contributed by atoms with van der Waals surface area (Å²) in [5.74, 6) is 1.41. The maximum atomic E-state index is 11.2. The van der Waals surface area contributed by atoms with Gasteiger partial charge in [0.1, 0.15) is 11.5 Å². The van der Waals surface area contributed by atoms with E-state index >= 15 is 0 Å². The van der Waals surface area contributed by atoms with E-state index in [2.05, 4.69) is 12.2 Å². The Bertz CT molecular complexity index is 949. The Morgan fingerprint density at radius 3 is 2.68 bits per heavy atom. The molecule has 146 valence electrons. The minimum atomic E-state index is -0.733. The average molecular weight is 399 g/mol. The fraction of sp³-hybridized carbons (Fsp3) is 0.350. The molecule has 2 aliphatic heterocycles. The minimum Gasteiger partial charge on any atom is -0.494 e. The van der Waals surface area contributed by atoms with Crippen LogP contribution in [0.2, 0.25) is 0 Å². The van der Waals surface area contributed by atoms with Crippen LogP contribution in [0.15, 0.2) is 42.5 Å². The van der Waals surface area contributed by atoms with Gasteiger partial charge in [-0.25, -0.2) is 0 Å². The number of rotatable bonds is 4. The first-order chi connectivity index (χ1) is 13.3. The fourth-order valence-electron chi connectivity index (χ4n) is 3.96. The Kier molecular flexibility index (Phi) is 4.38. The number of anilines is 1. The molecule has 2 aromatic carbocycles. The smallest absolute Gasteiger partial charge is 0.270 e. The Labute approximate surface area is 168 Å². The monoisotopic (exact) mass is 399 g/mol. The van der Waals surface area contributed by atoms with Gasteiger partial charge < -0.3 is 14.8 Å². The molecule has 1 saturated heterocycles. The van der Waals surface area contributed by atoms with Crippen LogP contribution < -0.4 is 19.7 Å². The average Bonchev–Trinajstić information content (AvgIpc) is 2.66. The molecule has 7 nitrogen and oxygen atoms in total. The highest BCUT2D eigenvalue weighted by Gasteiger charge is 2.54. The number of nitrogens with one attached hydrogen (secondary N) is 1. The number of nitro groups is 1. The lowest BCUT2D eigenvalue weighted by molar-refractivity contribution is -0.385. The van der Waals surface area contributed by atoms with E-state index in [0.717, 1.165) is 17.0 Å². The van der Waals surface area contributed by atoms with E-state index in [1.807, 2.05) is 43.0 Å². The van der Waals surface area contributed by atoms with Crippen molar-refractivity contribution in [2.45, 2.75) is 32.5 Å². The van der Waals surface area contributed by atoms with E-state index in [0.29, 0.717) is 17.5 Å². The van der Waals surface area contributed by atoms with E-state index in [4.69, 9.17) is 21.7 Å². The van der Waals surface area contributed by atoms with E-state index in [9.17, 15) is 10.1 Å². The largest absolute Gasteiger partial charge is 0.494 e. The summed E-state index contributed by atoms with van der Waals surface area (Å²) < 4.78 is 11.9. The zero-order valence-electron chi connectivity index (χ0n) is 15.8. The van der Waals surface area contributed by atoms with Gasteiger partial charge in [0.25, 0.3) is 5.69 Å². The number of thiocarbonyl (C=S) groups is 1. The van der Waals surface area contributed by atoms with Gasteiger partial charge in [-0.1, -0.05) is 6.92 Å². The lowest BCUT2D eigenvalue weighted by atomic mass is 9.80. The molecule has 8 heteroatoms. The number of non-ortho nitro benzene ring substituents is 1. The predicted octanol–water partition coefficient (Wildman–Crippen LogP) is 4.17. The van der Waals surface area contributed by atoms with Crippen LogP contribution in [-0.4, -0.2) is 22.4 Å². The first-order valence-corrected chi connectivity index (χ1v) is 9.57. The molecule has 28 heavy (non-hydrogen) atoms. The van der Waals surface area contributed by atoms with Gasteiger partial charge in [-0.05, 0) is 56.4 Å². The molecule has 4 rings (SSSR count). The van der Waals surface area contributed by atoms with Crippen LogP contribution in [0.1, 0.15) is 32.4 Å². The van der Waals surface area contributed by atoms with Crippen LogP contribution >= 0.6 is 12.2 Å². The van der Waals surface area contributed by atoms with Crippen LogP contribution in [0.4, 0.5) is 11.4 Å². The van der Waals surface area contributed by atoms with Crippen molar-refractivity contribution in [2.24, 2.45) is 5.92 Å². The second-order valence-electron chi connectivity index (χ2n) is 7.11. The predicted molar refractivity (Wildman–Crippen MR) is 110 cm³/mol. The molecule has 0 aromatic heterocycles. The molecule has 2 bridgehead atoms. The first kappa shape index (κ1) is 18.5. The second kappa shape index (κ2) is 6.63. The third-order valence-electron chi connectivity index (χ3n) is 5.53. The molecule has 2 aromatic rings. The van der Waals surface area contributed by atoms with Crippen molar-refractivity contribution in [2.75, 3.05) is 11.5 Å². The SMILES string of the molecule is CCOc1ccc(N2C(=S)N[C@H]3c4cc([N+](=O)[O-])ccc4O[C@@]2(C)[C@H]3C)cc1. The minimum absolute atomic E-state index is 0.0136. The molecule has 2 heterocycles. The maximum absolute atomic E-state index is 11.2. The highest BCUT2D eigenvalue weighted by molar-refractivity contribution is 7.80. The number of nitrogens with zero attached hydrogens (tertiary/aromatic N) is 2. The van der Waals surface area contributed by atoms with Crippen molar-refractivity contribution in [3.05, 3.63) is 58.1 Å². The zero-order valence-corrected chi connectivity index (χ0v) is 16.7. The van der Waals surface area contributed by atoms with Crippen molar-refractivity contribution in [1.29, 1.82) is 0 Å². The van der Waals surface area contributed by atoms with Gasteiger partial charge in [-0.2, -0.15) is 0 Å². The molecule has 0 unspecified atom stereocenters. The van der Waals surface area contributed by atoms with Crippen molar-refractivity contribution in [3.8, 4) is 11.5 Å². The van der Waals surface area contributed by atoms with Gasteiger partial charge in [-0.15, -0.1) is 0 Å². The summed E-state index contributed by atoms with van der Waals surface area (Å²) in [7, 11) is 0. The van der Waals surface area contributed by atoms with Crippen LogP contribution in [0.5, 0.6) is 11.5 Å². The summed E-state index contributed by atoms with van der Waals surface area (Å²) in [5.41, 5.74) is 0.954. The Morgan fingerprint density at radius 1 is 1.32 bits per heavy atom. The summed E-state index contributed by atoms with van der Waals surface area (Å²) in [5, 5.41) is 15.1. The van der Waals surface area contributed by atoms with Gasteiger partial charge in [-0.3, -0.25) is 15.0 Å². The van der Waals surface area contributed by atoms with Crippen LogP contribution in [-0.2, 0) is 0 Å². The topological polar surface area (TPSA) is 76.9 Å². The maximum Gasteiger partial charge on any atom is 0.270 e. The van der Waals surface area contributed by atoms with Crippen LogP contribution in [0.3, 0.4) is 0 Å². The third kappa shape index (κ3) is 2.75. The van der Waals surface area contributed by atoms with Gasteiger partial charge >= 0.3 is 0 Å². The number of benzene rings is 2. The molecular weight excluding hydrogens is 378 g/mol. The van der Waals surface area contributed by atoms with E-state index < -0.39 is 10.6 Å². The summed E-state index contributed by atoms with van der Waals surface area (Å²) in [6, 6.07) is 12.2. The molecule has 0 aliphatic carbocycles. The Morgan fingerprint density at radius 2 is 2.04 bits per heavy atom. The highest BCUT2D eigenvalue weighted by Crippen LogP contribution is 2.49. The van der Waals surface area contributed by atoms with Gasteiger partial charge in [0.05, 0.1) is 17.6 Å². The van der Waals surface area contributed by atoms with E-state index in [1.54, 1.807) is 12.1 Å². The first-order valence-electron chi connectivity index (χ1n) is 9.16. The molecule has 1 N–H and O–H groups in total. The van der Waals surface area contributed by atoms with Gasteiger partial charge in [0.15, 0.2) is 10.8 Å².